The molecule has 0 spiro atoms. The third-order valence-electron chi connectivity index (χ3n) is 4.18. The maximum atomic E-state index is 8.81. The molecule has 0 radical (unpaired) electrons. The fraction of sp³-hybridized carbons (Fsp3) is 0.143. The maximum absolute atomic E-state index is 8.81. The second kappa shape index (κ2) is 8.27. The number of pyridine rings is 1. The molecule has 0 aliphatic heterocycles. The molecule has 0 unspecified atom stereocenters. The van der Waals surface area contributed by atoms with E-state index in [2.05, 4.69) is 30.2 Å². The van der Waals surface area contributed by atoms with Crippen LogP contribution in [0, 0.1) is 18.3 Å². The van der Waals surface area contributed by atoms with Crippen molar-refractivity contribution < 1.29 is 4.74 Å². The zero-order valence-corrected chi connectivity index (χ0v) is 15.7. The van der Waals surface area contributed by atoms with Crippen molar-refractivity contribution in [2.24, 2.45) is 0 Å². The van der Waals surface area contributed by atoms with Gasteiger partial charge in [-0.2, -0.15) is 5.26 Å². The number of aryl methyl sites for hydroxylation is 1. The standard InChI is InChI=1S/C21H17N7O/c1-14-11-25-21-19(28-14)20(26-13-27-21)23-9-8-15-2-5-17(6-3-15)29-18-7-4-16(10-22)12-24-18/h2-7,11-13H,8-9H2,1H3,(H,23,25,26,27). The molecule has 0 aliphatic rings. The molecule has 142 valence electrons. The van der Waals surface area contributed by atoms with E-state index in [9.17, 15) is 0 Å². The molecule has 1 N–H and O–H groups in total. The summed E-state index contributed by atoms with van der Waals surface area (Å²) in [6, 6.07) is 13.2. The van der Waals surface area contributed by atoms with Gasteiger partial charge in [0.15, 0.2) is 17.0 Å². The van der Waals surface area contributed by atoms with E-state index in [4.69, 9.17) is 10.00 Å². The number of nitrogens with one attached hydrogen (secondary N) is 1. The van der Waals surface area contributed by atoms with Gasteiger partial charge in [0, 0.05) is 18.8 Å². The minimum absolute atomic E-state index is 0.449. The summed E-state index contributed by atoms with van der Waals surface area (Å²) in [6.45, 7) is 2.58. The summed E-state index contributed by atoms with van der Waals surface area (Å²) in [4.78, 5) is 21.3. The lowest BCUT2D eigenvalue weighted by atomic mass is 10.1. The number of benzene rings is 1. The molecule has 0 saturated carbocycles. The van der Waals surface area contributed by atoms with E-state index >= 15 is 0 Å². The van der Waals surface area contributed by atoms with Crippen LogP contribution >= 0.6 is 0 Å². The highest BCUT2D eigenvalue weighted by Gasteiger charge is 2.06. The highest BCUT2D eigenvalue weighted by molar-refractivity contribution is 5.81. The van der Waals surface area contributed by atoms with Crippen molar-refractivity contribution in [3.05, 3.63) is 71.9 Å². The van der Waals surface area contributed by atoms with Crippen molar-refractivity contribution in [1.29, 1.82) is 5.26 Å². The molecular formula is C21H17N7O. The molecule has 3 aromatic heterocycles. The van der Waals surface area contributed by atoms with Gasteiger partial charge in [0.2, 0.25) is 5.88 Å². The topological polar surface area (TPSA) is 110 Å². The first-order valence-electron chi connectivity index (χ1n) is 9.02. The lowest BCUT2D eigenvalue weighted by Gasteiger charge is -2.09. The number of anilines is 1. The van der Waals surface area contributed by atoms with Gasteiger partial charge in [-0.25, -0.2) is 24.9 Å². The van der Waals surface area contributed by atoms with E-state index in [1.165, 1.54) is 12.5 Å². The summed E-state index contributed by atoms with van der Waals surface area (Å²) in [5.41, 5.74) is 3.72. The van der Waals surface area contributed by atoms with Gasteiger partial charge in [-0.3, -0.25) is 0 Å². The fourth-order valence-corrected chi connectivity index (χ4v) is 2.73. The van der Waals surface area contributed by atoms with Crippen LogP contribution in [0.1, 0.15) is 16.8 Å². The van der Waals surface area contributed by atoms with E-state index in [0.29, 0.717) is 40.7 Å². The van der Waals surface area contributed by atoms with E-state index < -0.39 is 0 Å². The second-order valence-electron chi connectivity index (χ2n) is 6.33. The molecule has 4 rings (SSSR count). The first kappa shape index (κ1) is 18.3. The van der Waals surface area contributed by atoms with Crippen LogP contribution in [0.3, 0.4) is 0 Å². The quantitative estimate of drug-likeness (QED) is 0.539. The molecular weight excluding hydrogens is 366 g/mol. The largest absolute Gasteiger partial charge is 0.439 e. The minimum Gasteiger partial charge on any atom is -0.439 e. The van der Waals surface area contributed by atoms with Crippen LogP contribution in [-0.4, -0.2) is 31.5 Å². The highest BCUT2D eigenvalue weighted by atomic mass is 16.5. The van der Waals surface area contributed by atoms with Crippen LogP contribution < -0.4 is 10.1 Å². The zero-order chi connectivity index (χ0) is 20.1. The third kappa shape index (κ3) is 4.42. The lowest BCUT2D eigenvalue weighted by molar-refractivity contribution is 0.462. The average Bonchev–Trinajstić information content (AvgIpc) is 2.76. The summed E-state index contributed by atoms with van der Waals surface area (Å²) in [6.07, 6.45) is 5.46. The molecule has 0 fully saturated rings. The maximum Gasteiger partial charge on any atom is 0.219 e. The Hall–Kier alpha value is -4.12. The number of fused-ring (bicyclic) bond motifs is 1. The van der Waals surface area contributed by atoms with Crippen LogP contribution in [0.2, 0.25) is 0 Å². The van der Waals surface area contributed by atoms with Crippen LogP contribution in [0.25, 0.3) is 11.2 Å². The number of hydrogen-bond donors (Lipinski definition) is 1. The molecule has 8 nitrogen and oxygen atoms in total. The van der Waals surface area contributed by atoms with E-state index in [1.807, 2.05) is 37.3 Å². The Labute approximate surface area is 167 Å². The van der Waals surface area contributed by atoms with E-state index in [1.54, 1.807) is 18.3 Å². The van der Waals surface area contributed by atoms with Gasteiger partial charge in [0.05, 0.1) is 17.5 Å². The van der Waals surface area contributed by atoms with Crippen molar-refractivity contribution in [3.63, 3.8) is 0 Å². The number of nitriles is 1. The molecule has 0 bridgehead atoms. The van der Waals surface area contributed by atoms with Crippen molar-refractivity contribution in [3.8, 4) is 17.7 Å². The van der Waals surface area contributed by atoms with Gasteiger partial charge in [0.1, 0.15) is 18.1 Å². The number of aromatic nitrogens is 5. The predicted molar refractivity (Wildman–Crippen MR) is 108 cm³/mol. The van der Waals surface area contributed by atoms with Gasteiger partial charge in [-0.05, 0) is 37.1 Å². The molecule has 0 atom stereocenters. The van der Waals surface area contributed by atoms with Gasteiger partial charge < -0.3 is 10.1 Å². The first-order valence-corrected chi connectivity index (χ1v) is 9.02. The van der Waals surface area contributed by atoms with Gasteiger partial charge in [-0.15, -0.1) is 0 Å². The van der Waals surface area contributed by atoms with Crippen molar-refractivity contribution in [1.82, 2.24) is 24.9 Å². The van der Waals surface area contributed by atoms with Crippen molar-refractivity contribution >= 4 is 17.0 Å². The fourth-order valence-electron chi connectivity index (χ4n) is 2.73. The molecule has 0 saturated heterocycles. The number of hydrogen-bond acceptors (Lipinski definition) is 8. The Morgan fingerprint density at radius 1 is 1.00 bits per heavy atom. The molecule has 1 aromatic carbocycles. The van der Waals surface area contributed by atoms with E-state index in [-0.39, 0.29) is 0 Å². The van der Waals surface area contributed by atoms with Crippen LogP contribution in [-0.2, 0) is 6.42 Å². The monoisotopic (exact) mass is 383 g/mol. The highest BCUT2D eigenvalue weighted by Crippen LogP contribution is 2.20. The van der Waals surface area contributed by atoms with Crippen molar-refractivity contribution in [2.75, 3.05) is 11.9 Å². The Morgan fingerprint density at radius 2 is 1.86 bits per heavy atom. The SMILES string of the molecule is Cc1cnc2ncnc(NCCc3ccc(Oc4ccc(C#N)cn4)cc3)c2n1. The molecule has 0 aliphatic carbocycles. The third-order valence-corrected chi connectivity index (χ3v) is 4.18. The Bertz CT molecular complexity index is 1170. The summed E-state index contributed by atoms with van der Waals surface area (Å²) in [5.74, 6) is 1.81. The predicted octanol–water partition coefficient (Wildman–Crippen LogP) is 3.44. The first-order chi connectivity index (χ1) is 14.2. The van der Waals surface area contributed by atoms with Gasteiger partial charge >= 0.3 is 0 Å². The number of nitrogens with zero attached hydrogens (tertiary/aromatic N) is 6. The number of rotatable bonds is 6. The van der Waals surface area contributed by atoms with Crippen LogP contribution in [0.15, 0.2) is 55.1 Å². The summed E-state index contributed by atoms with van der Waals surface area (Å²) in [5, 5.41) is 12.1. The van der Waals surface area contributed by atoms with Crippen molar-refractivity contribution in [2.45, 2.75) is 13.3 Å². The van der Waals surface area contributed by atoms with Gasteiger partial charge in [-0.1, -0.05) is 12.1 Å². The molecule has 29 heavy (non-hydrogen) atoms. The molecule has 4 aromatic rings. The summed E-state index contributed by atoms with van der Waals surface area (Å²) < 4.78 is 5.70. The van der Waals surface area contributed by atoms with E-state index in [0.717, 1.165) is 17.7 Å². The van der Waals surface area contributed by atoms with Crippen LogP contribution in [0.5, 0.6) is 11.6 Å². The normalized spacial score (nSPS) is 10.5. The zero-order valence-electron chi connectivity index (χ0n) is 15.7. The van der Waals surface area contributed by atoms with Gasteiger partial charge in [0.25, 0.3) is 0 Å². The summed E-state index contributed by atoms with van der Waals surface area (Å²) in [7, 11) is 0. The Morgan fingerprint density at radius 3 is 2.62 bits per heavy atom. The lowest BCUT2D eigenvalue weighted by Crippen LogP contribution is -2.08. The minimum atomic E-state index is 0.449. The molecule has 3 heterocycles. The Kier molecular flexibility index (Phi) is 5.21. The second-order valence-corrected chi connectivity index (χ2v) is 6.33. The molecule has 0 amide bonds. The smallest absolute Gasteiger partial charge is 0.219 e. The van der Waals surface area contributed by atoms with Crippen LogP contribution in [0.4, 0.5) is 5.82 Å². The molecule has 8 heteroatoms. The summed E-state index contributed by atoms with van der Waals surface area (Å²) >= 11 is 0. The Balaban J connectivity index is 1.36. The number of ether oxygens (including phenoxy) is 1. The average molecular weight is 383 g/mol.